The van der Waals surface area contributed by atoms with E-state index in [4.69, 9.17) is 4.74 Å². The number of likely N-dealkylation sites (tertiary alicyclic amines) is 1. The molecule has 2 aliphatic rings. The summed E-state index contributed by atoms with van der Waals surface area (Å²) < 4.78 is 18.6. The predicted octanol–water partition coefficient (Wildman–Crippen LogP) is 2.32. The van der Waals surface area contributed by atoms with Gasteiger partial charge in [0.05, 0.1) is 13.2 Å². The van der Waals surface area contributed by atoms with Crippen molar-refractivity contribution in [1.82, 2.24) is 9.80 Å². The normalized spacial score (nSPS) is 22.3. The molecule has 3 rings (SSSR count). The number of nitrogens with one attached hydrogen (secondary N) is 1. The van der Waals surface area contributed by atoms with Crippen LogP contribution in [-0.4, -0.2) is 61.8 Å². The molecule has 1 aromatic carbocycles. The van der Waals surface area contributed by atoms with Crippen molar-refractivity contribution in [3.05, 3.63) is 29.6 Å². The van der Waals surface area contributed by atoms with Gasteiger partial charge in [0.2, 0.25) is 0 Å². The first-order valence-corrected chi connectivity index (χ1v) is 8.24. The van der Waals surface area contributed by atoms with E-state index in [0.29, 0.717) is 17.2 Å². The lowest BCUT2D eigenvalue weighted by Crippen LogP contribution is -2.40. The number of nitrogens with zero attached hydrogens (tertiary/aromatic N) is 2. The van der Waals surface area contributed by atoms with Crippen molar-refractivity contribution in [2.45, 2.75) is 13.3 Å². The van der Waals surface area contributed by atoms with Crippen LogP contribution < -0.4 is 5.32 Å². The van der Waals surface area contributed by atoms with Gasteiger partial charge in [-0.15, -0.1) is 0 Å². The van der Waals surface area contributed by atoms with Gasteiger partial charge in [-0.3, -0.25) is 4.90 Å². The van der Waals surface area contributed by atoms with Gasteiger partial charge in [-0.25, -0.2) is 9.18 Å². The summed E-state index contributed by atoms with van der Waals surface area (Å²) in [4.78, 5) is 16.6. The molecule has 0 bridgehead atoms. The van der Waals surface area contributed by atoms with Crippen molar-refractivity contribution < 1.29 is 13.9 Å². The standard InChI is InChI=1S/C17H24FN3O2/c1-13-10-15(2-3-16(13)18)19-17(22)21-5-4-14(12-21)11-20-6-8-23-9-7-20/h2-3,10,14H,4-9,11-12H2,1H3,(H,19,22). The molecule has 5 nitrogen and oxygen atoms in total. The quantitative estimate of drug-likeness (QED) is 0.929. The fourth-order valence-electron chi connectivity index (χ4n) is 3.24. The maximum Gasteiger partial charge on any atom is 0.321 e. The van der Waals surface area contributed by atoms with Gasteiger partial charge < -0.3 is 15.0 Å². The summed E-state index contributed by atoms with van der Waals surface area (Å²) in [6.07, 6.45) is 1.03. The highest BCUT2D eigenvalue weighted by atomic mass is 19.1. The number of aryl methyl sites for hydroxylation is 1. The molecule has 2 aliphatic heterocycles. The van der Waals surface area contributed by atoms with E-state index in [2.05, 4.69) is 10.2 Å². The van der Waals surface area contributed by atoms with Gasteiger partial charge in [0.1, 0.15) is 5.82 Å². The topological polar surface area (TPSA) is 44.8 Å². The van der Waals surface area contributed by atoms with Crippen LogP contribution in [-0.2, 0) is 4.74 Å². The smallest absolute Gasteiger partial charge is 0.321 e. The summed E-state index contributed by atoms with van der Waals surface area (Å²) in [7, 11) is 0. The number of carbonyl (C=O) groups excluding carboxylic acids is 1. The molecule has 2 amide bonds. The lowest BCUT2D eigenvalue weighted by atomic mass is 10.1. The van der Waals surface area contributed by atoms with Crippen LogP contribution in [0, 0.1) is 18.7 Å². The number of morpholine rings is 1. The Morgan fingerprint density at radius 2 is 2.13 bits per heavy atom. The van der Waals surface area contributed by atoms with Crippen LogP contribution in [0.5, 0.6) is 0 Å². The summed E-state index contributed by atoms with van der Waals surface area (Å²) in [6.45, 7) is 7.86. The molecule has 0 radical (unpaired) electrons. The number of carbonyl (C=O) groups is 1. The van der Waals surface area contributed by atoms with Gasteiger partial charge in [-0.05, 0) is 43.0 Å². The molecule has 2 saturated heterocycles. The molecule has 126 valence electrons. The summed E-state index contributed by atoms with van der Waals surface area (Å²) in [5.74, 6) is 0.267. The van der Waals surface area contributed by atoms with Crippen LogP contribution in [0.1, 0.15) is 12.0 Å². The van der Waals surface area contributed by atoms with E-state index in [1.807, 2.05) is 4.90 Å². The van der Waals surface area contributed by atoms with Gasteiger partial charge in [0, 0.05) is 38.4 Å². The lowest BCUT2D eigenvalue weighted by molar-refractivity contribution is 0.0314. The largest absolute Gasteiger partial charge is 0.379 e. The first-order valence-electron chi connectivity index (χ1n) is 8.24. The fourth-order valence-corrected chi connectivity index (χ4v) is 3.24. The van der Waals surface area contributed by atoms with E-state index in [0.717, 1.165) is 52.4 Å². The Hall–Kier alpha value is -1.66. The van der Waals surface area contributed by atoms with E-state index >= 15 is 0 Å². The van der Waals surface area contributed by atoms with Gasteiger partial charge in [-0.1, -0.05) is 0 Å². The Morgan fingerprint density at radius 1 is 1.35 bits per heavy atom. The Morgan fingerprint density at radius 3 is 2.87 bits per heavy atom. The number of anilines is 1. The van der Waals surface area contributed by atoms with E-state index in [1.54, 1.807) is 19.1 Å². The highest BCUT2D eigenvalue weighted by Crippen LogP contribution is 2.20. The Kier molecular flexibility index (Phi) is 5.13. The number of rotatable bonds is 3. The number of ether oxygens (including phenoxy) is 1. The highest BCUT2D eigenvalue weighted by Gasteiger charge is 2.28. The van der Waals surface area contributed by atoms with Crippen LogP contribution in [0.25, 0.3) is 0 Å². The average molecular weight is 321 g/mol. The first kappa shape index (κ1) is 16.2. The van der Waals surface area contributed by atoms with Crippen molar-refractivity contribution in [3.63, 3.8) is 0 Å². The molecule has 0 spiro atoms. The third kappa shape index (κ3) is 4.20. The number of hydrogen-bond acceptors (Lipinski definition) is 3. The Balaban J connectivity index is 1.49. The molecular weight excluding hydrogens is 297 g/mol. The lowest BCUT2D eigenvalue weighted by Gasteiger charge is -2.29. The van der Waals surface area contributed by atoms with Gasteiger partial charge in [-0.2, -0.15) is 0 Å². The van der Waals surface area contributed by atoms with Crippen LogP contribution in [0.3, 0.4) is 0 Å². The van der Waals surface area contributed by atoms with Crippen molar-refractivity contribution in [2.75, 3.05) is 51.3 Å². The summed E-state index contributed by atoms with van der Waals surface area (Å²) in [5, 5.41) is 2.86. The molecule has 6 heteroatoms. The molecule has 0 saturated carbocycles. The summed E-state index contributed by atoms with van der Waals surface area (Å²) in [6, 6.07) is 4.55. The summed E-state index contributed by atoms with van der Waals surface area (Å²) in [5.41, 5.74) is 1.18. The number of halogens is 1. The summed E-state index contributed by atoms with van der Waals surface area (Å²) >= 11 is 0. The Labute approximate surface area is 136 Å². The average Bonchev–Trinajstić information content (AvgIpc) is 3.00. The molecule has 1 aromatic rings. The van der Waals surface area contributed by atoms with Crippen LogP contribution in [0.2, 0.25) is 0 Å². The Bertz CT molecular complexity index is 561. The van der Waals surface area contributed by atoms with Gasteiger partial charge >= 0.3 is 6.03 Å². The zero-order chi connectivity index (χ0) is 16.2. The van der Waals surface area contributed by atoms with E-state index in [9.17, 15) is 9.18 Å². The minimum atomic E-state index is -0.255. The SMILES string of the molecule is Cc1cc(NC(=O)N2CCC(CN3CCOCC3)C2)ccc1F. The van der Waals surface area contributed by atoms with E-state index in [1.165, 1.54) is 6.07 Å². The molecular formula is C17H24FN3O2. The maximum absolute atomic E-state index is 13.3. The minimum absolute atomic E-state index is 0.0968. The molecule has 2 heterocycles. The van der Waals surface area contributed by atoms with Crippen molar-refractivity contribution in [3.8, 4) is 0 Å². The zero-order valence-corrected chi connectivity index (χ0v) is 13.6. The van der Waals surface area contributed by atoms with Crippen LogP contribution >= 0.6 is 0 Å². The zero-order valence-electron chi connectivity index (χ0n) is 13.6. The maximum atomic E-state index is 13.3. The molecule has 1 unspecified atom stereocenters. The molecule has 0 aliphatic carbocycles. The third-order valence-electron chi connectivity index (χ3n) is 4.60. The second-order valence-corrected chi connectivity index (χ2v) is 6.41. The molecule has 0 aromatic heterocycles. The first-order chi connectivity index (χ1) is 11.1. The number of benzene rings is 1. The molecule has 1 N–H and O–H groups in total. The highest BCUT2D eigenvalue weighted by molar-refractivity contribution is 5.89. The molecule has 2 fully saturated rings. The predicted molar refractivity (Wildman–Crippen MR) is 87.1 cm³/mol. The minimum Gasteiger partial charge on any atom is -0.379 e. The fraction of sp³-hybridized carbons (Fsp3) is 0.588. The van der Waals surface area contributed by atoms with Crippen LogP contribution in [0.4, 0.5) is 14.9 Å². The van der Waals surface area contributed by atoms with Crippen molar-refractivity contribution in [2.24, 2.45) is 5.92 Å². The number of amides is 2. The monoisotopic (exact) mass is 321 g/mol. The second-order valence-electron chi connectivity index (χ2n) is 6.41. The van der Waals surface area contributed by atoms with Crippen LogP contribution in [0.15, 0.2) is 18.2 Å². The van der Waals surface area contributed by atoms with Crippen molar-refractivity contribution >= 4 is 11.7 Å². The molecule has 23 heavy (non-hydrogen) atoms. The number of hydrogen-bond donors (Lipinski definition) is 1. The van der Waals surface area contributed by atoms with Gasteiger partial charge in [0.25, 0.3) is 0 Å². The van der Waals surface area contributed by atoms with Gasteiger partial charge in [0.15, 0.2) is 0 Å². The van der Waals surface area contributed by atoms with E-state index in [-0.39, 0.29) is 11.8 Å². The third-order valence-corrected chi connectivity index (χ3v) is 4.60. The van der Waals surface area contributed by atoms with E-state index < -0.39 is 0 Å². The van der Waals surface area contributed by atoms with Crippen molar-refractivity contribution in [1.29, 1.82) is 0 Å². The second kappa shape index (κ2) is 7.27. The number of urea groups is 1. The molecule has 1 atom stereocenters.